The van der Waals surface area contributed by atoms with Crippen LogP contribution in [0.2, 0.25) is 0 Å². The zero-order chi connectivity index (χ0) is 13.7. The summed E-state index contributed by atoms with van der Waals surface area (Å²) in [6.07, 6.45) is 0. The molecule has 2 aromatic carbocycles. The SMILES string of the molecule is CCSc1ccc(C(NC)c2ccccc2F)cc1. The molecule has 0 radical (unpaired) electrons. The lowest BCUT2D eigenvalue weighted by Crippen LogP contribution is -2.18. The average molecular weight is 275 g/mol. The van der Waals surface area contributed by atoms with Crippen molar-refractivity contribution in [1.29, 1.82) is 0 Å². The molecular formula is C16H18FNS. The van der Waals surface area contributed by atoms with E-state index in [4.69, 9.17) is 0 Å². The molecule has 0 saturated heterocycles. The number of halogens is 1. The Kier molecular flexibility index (Phi) is 5.00. The van der Waals surface area contributed by atoms with Crippen molar-refractivity contribution < 1.29 is 4.39 Å². The van der Waals surface area contributed by atoms with Gasteiger partial charge >= 0.3 is 0 Å². The molecular weight excluding hydrogens is 257 g/mol. The molecule has 1 N–H and O–H groups in total. The van der Waals surface area contributed by atoms with Crippen LogP contribution in [0.15, 0.2) is 53.4 Å². The smallest absolute Gasteiger partial charge is 0.128 e. The van der Waals surface area contributed by atoms with Crippen LogP contribution in [0.3, 0.4) is 0 Å². The van der Waals surface area contributed by atoms with Crippen molar-refractivity contribution >= 4 is 11.8 Å². The Labute approximate surface area is 118 Å². The number of hydrogen-bond acceptors (Lipinski definition) is 2. The predicted octanol–water partition coefficient (Wildman–Crippen LogP) is 4.25. The van der Waals surface area contributed by atoms with E-state index in [0.29, 0.717) is 5.56 Å². The van der Waals surface area contributed by atoms with Gasteiger partial charge in [0.25, 0.3) is 0 Å². The minimum atomic E-state index is -0.172. The molecule has 0 aromatic heterocycles. The van der Waals surface area contributed by atoms with Crippen molar-refractivity contribution in [2.75, 3.05) is 12.8 Å². The van der Waals surface area contributed by atoms with Gasteiger partial charge in [-0.3, -0.25) is 0 Å². The van der Waals surface area contributed by atoms with Gasteiger partial charge in [-0.15, -0.1) is 11.8 Å². The summed E-state index contributed by atoms with van der Waals surface area (Å²) in [5.41, 5.74) is 1.76. The predicted molar refractivity (Wildman–Crippen MR) is 80.1 cm³/mol. The van der Waals surface area contributed by atoms with Crippen LogP contribution < -0.4 is 5.32 Å². The molecule has 19 heavy (non-hydrogen) atoms. The first kappa shape index (κ1) is 14.1. The minimum absolute atomic E-state index is 0.109. The summed E-state index contributed by atoms with van der Waals surface area (Å²) < 4.78 is 13.9. The Hall–Kier alpha value is -1.32. The van der Waals surface area contributed by atoms with Crippen LogP contribution in [0, 0.1) is 5.82 Å². The first-order chi connectivity index (χ1) is 9.26. The second kappa shape index (κ2) is 6.73. The molecule has 0 bridgehead atoms. The normalized spacial score (nSPS) is 12.4. The van der Waals surface area contributed by atoms with Crippen molar-refractivity contribution in [3.63, 3.8) is 0 Å². The van der Waals surface area contributed by atoms with Crippen molar-refractivity contribution in [3.8, 4) is 0 Å². The van der Waals surface area contributed by atoms with E-state index < -0.39 is 0 Å². The molecule has 2 aromatic rings. The van der Waals surface area contributed by atoms with Crippen LogP contribution in [0.5, 0.6) is 0 Å². The van der Waals surface area contributed by atoms with E-state index >= 15 is 0 Å². The van der Waals surface area contributed by atoms with E-state index in [1.54, 1.807) is 6.07 Å². The molecule has 1 unspecified atom stereocenters. The standard InChI is InChI=1S/C16H18FNS/c1-3-19-13-10-8-12(9-11-13)16(18-2)14-6-4-5-7-15(14)17/h4-11,16,18H,3H2,1-2H3. The van der Waals surface area contributed by atoms with Gasteiger partial charge in [0.05, 0.1) is 6.04 Å². The molecule has 1 atom stereocenters. The third kappa shape index (κ3) is 3.37. The first-order valence-electron chi connectivity index (χ1n) is 6.40. The highest BCUT2D eigenvalue weighted by Crippen LogP contribution is 2.26. The quantitative estimate of drug-likeness (QED) is 0.819. The molecule has 0 fully saturated rings. The molecule has 100 valence electrons. The molecule has 0 aliphatic rings. The molecule has 3 heteroatoms. The molecule has 0 amide bonds. The molecule has 0 heterocycles. The van der Waals surface area contributed by atoms with E-state index in [1.807, 2.05) is 30.9 Å². The van der Waals surface area contributed by atoms with Crippen LogP contribution in [0.1, 0.15) is 24.1 Å². The van der Waals surface area contributed by atoms with Gasteiger partial charge in [-0.1, -0.05) is 37.3 Å². The van der Waals surface area contributed by atoms with Crippen molar-refractivity contribution in [2.45, 2.75) is 17.9 Å². The fraction of sp³-hybridized carbons (Fsp3) is 0.250. The van der Waals surface area contributed by atoms with Crippen molar-refractivity contribution in [2.24, 2.45) is 0 Å². The average Bonchev–Trinajstić information content (AvgIpc) is 2.44. The minimum Gasteiger partial charge on any atom is -0.309 e. The van der Waals surface area contributed by atoms with Crippen LogP contribution in [-0.4, -0.2) is 12.8 Å². The zero-order valence-corrected chi connectivity index (χ0v) is 12.0. The lowest BCUT2D eigenvalue weighted by molar-refractivity contribution is 0.576. The highest BCUT2D eigenvalue weighted by atomic mass is 32.2. The number of hydrogen-bond donors (Lipinski definition) is 1. The topological polar surface area (TPSA) is 12.0 Å². The highest BCUT2D eigenvalue weighted by molar-refractivity contribution is 7.99. The second-order valence-electron chi connectivity index (χ2n) is 4.25. The number of thioether (sulfide) groups is 1. The summed E-state index contributed by atoms with van der Waals surface area (Å²) in [6.45, 7) is 2.13. The molecule has 0 spiro atoms. The van der Waals surface area contributed by atoms with Gasteiger partial charge in [-0.2, -0.15) is 0 Å². The molecule has 1 nitrogen and oxygen atoms in total. The third-order valence-corrected chi connectivity index (χ3v) is 3.92. The zero-order valence-electron chi connectivity index (χ0n) is 11.2. The van der Waals surface area contributed by atoms with Gasteiger partial charge in [-0.25, -0.2) is 4.39 Å². The van der Waals surface area contributed by atoms with Gasteiger partial charge in [0, 0.05) is 10.5 Å². The van der Waals surface area contributed by atoms with Crippen molar-refractivity contribution in [1.82, 2.24) is 5.32 Å². The number of rotatable bonds is 5. The Morgan fingerprint density at radius 2 is 1.79 bits per heavy atom. The van der Waals surface area contributed by atoms with E-state index in [0.717, 1.165) is 11.3 Å². The van der Waals surface area contributed by atoms with Crippen LogP contribution in [0.25, 0.3) is 0 Å². The molecule has 0 aliphatic carbocycles. The van der Waals surface area contributed by atoms with Crippen LogP contribution in [-0.2, 0) is 0 Å². The number of nitrogens with one attached hydrogen (secondary N) is 1. The largest absolute Gasteiger partial charge is 0.309 e. The summed E-state index contributed by atoms with van der Waals surface area (Å²) in [7, 11) is 1.85. The summed E-state index contributed by atoms with van der Waals surface area (Å²) in [4.78, 5) is 1.25. The summed E-state index contributed by atoms with van der Waals surface area (Å²) in [5, 5.41) is 3.18. The van der Waals surface area contributed by atoms with E-state index in [1.165, 1.54) is 11.0 Å². The molecule has 0 aliphatic heterocycles. The molecule has 0 saturated carbocycles. The maximum absolute atomic E-state index is 13.9. The van der Waals surface area contributed by atoms with Crippen LogP contribution in [0.4, 0.5) is 4.39 Å². The van der Waals surface area contributed by atoms with Gasteiger partial charge in [0.1, 0.15) is 5.82 Å². The fourth-order valence-corrected chi connectivity index (χ4v) is 2.80. The summed E-state index contributed by atoms with van der Waals surface area (Å²) >= 11 is 1.81. The van der Waals surface area contributed by atoms with E-state index in [9.17, 15) is 4.39 Å². The van der Waals surface area contributed by atoms with Gasteiger partial charge in [-0.05, 0) is 36.6 Å². The van der Waals surface area contributed by atoms with E-state index in [2.05, 4.69) is 36.5 Å². The lowest BCUT2D eigenvalue weighted by Gasteiger charge is -2.18. The fourth-order valence-electron chi connectivity index (χ4n) is 2.13. The Morgan fingerprint density at radius 1 is 1.11 bits per heavy atom. The maximum Gasteiger partial charge on any atom is 0.128 e. The first-order valence-corrected chi connectivity index (χ1v) is 7.39. The molecule has 2 rings (SSSR count). The third-order valence-electron chi connectivity index (χ3n) is 3.03. The second-order valence-corrected chi connectivity index (χ2v) is 5.58. The summed E-state index contributed by atoms with van der Waals surface area (Å²) in [5.74, 6) is 0.885. The van der Waals surface area contributed by atoms with Crippen molar-refractivity contribution in [3.05, 3.63) is 65.5 Å². The Balaban J connectivity index is 2.29. The van der Waals surface area contributed by atoms with Gasteiger partial charge in [0.15, 0.2) is 0 Å². The maximum atomic E-state index is 13.9. The summed E-state index contributed by atoms with van der Waals surface area (Å²) in [6, 6.07) is 15.1. The lowest BCUT2D eigenvalue weighted by atomic mass is 9.98. The monoisotopic (exact) mass is 275 g/mol. The Morgan fingerprint density at radius 3 is 2.37 bits per heavy atom. The highest BCUT2D eigenvalue weighted by Gasteiger charge is 2.15. The van der Waals surface area contributed by atoms with Gasteiger partial charge in [0.2, 0.25) is 0 Å². The van der Waals surface area contributed by atoms with E-state index in [-0.39, 0.29) is 11.9 Å². The number of benzene rings is 2. The Bertz CT molecular complexity index is 525. The van der Waals surface area contributed by atoms with Crippen LogP contribution >= 0.6 is 11.8 Å². The van der Waals surface area contributed by atoms with Gasteiger partial charge < -0.3 is 5.32 Å².